The topological polar surface area (TPSA) is 38.9 Å². The van der Waals surface area contributed by atoms with Crippen LogP contribution in [0.25, 0.3) is 0 Å². The van der Waals surface area contributed by atoms with E-state index < -0.39 is 23.6 Å². The highest BCUT2D eigenvalue weighted by molar-refractivity contribution is 6.29. The van der Waals surface area contributed by atoms with Crippen molar-refractivity contribution in [2.75, 3.05) is 5.73 Å². The van der Waals surface area contributed by atoms with Gasteiger partial charge >= 0.3 is 0 Å². The Morgan fingerprint density at radius 2 is 2.08 bits per heavy atom. The average Bonchev–Trinajstić information content (AvgIpc) is 1.96. The first-order valence-electron chi connectivity index (χ1n) is 2.92. The number of nitrogens with zero attached hydrogens (tertiary/aromatic N) is 1. The van der Waals surface area contributed by atoms with E-state index in [0.29, 0.717) is 0 Å². The number of alkyl halides is 2. The molecular formula is C6H4ClF3N2. The first-order chi connectivity index (χ1) is 5.52. The zero-order valence-corrected chi connectivity index (χ0v) is 6.45. The van der Waals surface area contributed by atoms with Gasteiger partial charge < -0.3 is 5.73 Å². The van der Waals surface area contributed by atoms with E-state index in [-0.39, 0.29) is 5.15 Å². The Bertz CT molecular complexity index is 303. The SMILES string of the molecule is Nc1c(F)cc(Cl)nc1C(F)F. The van der Waals surface area contributed by atoms with Crippen molar-refractivity contribution in [3.8, 4) is 0 Å². The van der Waals surface area contributed by atoms with Crippen LogP contribution in [-0.2, 0) is 0 Å². The minimum atomic E-state index is -2.92. The van der Waals surface area contributed by atoms with Crippen LogP contribution in [0.2, 0.25) is 5.15 Å². The van der Waals surface area contributed by atoms with Gasteiger partial charge in [-0.2, -0.15) is 0 Å². The van der Waals surface area contributed by atoms with Gasteiger partial charge in [0.15, 0.2) is 5.82 Å². The lowest BCUT2D eigenvalue weighted by Crippen LogP contribution is -2.01. The van der Waals surface area contributed by atoms with E-state index in [9.17, 15) is 13.2 Å². The number of hydrogen-bond donors (Lipinski definition) is 1. The lowest BCUT2D eigenvalue weighted by atomic mass is 10.3. The second-order valence-corrected chi connectivity index (χ2v) is 2.41. The zero-order valence-electron chi connectivity index (χ0n) is 5.69. The minimum Gasteiger partial charge on any atom is -0.395 e. The van der Waals surface area contributed by atoms with Crippen LogP contribution in [0.1, 0.15) is 12.1 Å². The molecule has 0 atom stereocenters. The van der Waals surface area contributed by atoms with E-state index >= 15 is 0 Å². The summed E-state index contributed by atoms with van der Waals surface area (Å²) in [7, 11) is 0. The van der Waals surface area contributed by atoms with E-state index in [1.807, 2.05) is 0 Å². The zero-order chi connectivity index (χ0) is 9.30. The van der Waals surface area contributed by atoms with Crippen molar-refractivity contribution in [2.24, 2.45) is 0 Å². The summed E-state index contributed by atoms with van der Waals surface area (Å²) in [6.07, 6.45) is -2.92. The second kappa shape index (κ2) is 3.18. The average molecular weight is 197 g/mol. The van der Waals surface area contributed by atoms with E-state index in [0.717, 1.165) is 6.07 Å². The number of pyridine rings is 1. The maximum Gasteiger partial charge on any atom is 0.282 e. The molecule has 0 saturated heterocycles. The van der Waals surface area contributed by atoms with Crippen molar-refractivity contribution < 1.29 is 13.2 Å². The van der Waals surface area contributed by atoms with Gasteiger partial charge in [0.2, 0.25) is 0 Å². The van der Waals surface area contributed by atoms with Crippen LogP contribution >= 0.6 is 11.6 Å². The Morgan fingerprint density at radius 3 is 2.58 bits per heavy atom. The molecule has 0 bridgehead atoms. The fraction of sp³-hybridized carbons (Fsp3) is 0.167. The van der Waals surface area contributed by atoms with Crippen molar-refractivity contribution >= 4 is 17.3 Å². The molecule has 66 valence electrons. The number of rotatable bonds is 1. The molecule has 1 aromatic heterocycles. The van der Waals surface area contributed by atoms with Gasteiger partial charge in [0.05, 0.1) is 5.69 Å². The molecule has 6 heteroatoms. The van der Waals surface area contributed by atoms with Crippen LogP contribution in [0, 0.1) is 5.82 Å². The van der Waals surface area contributed by atoms with E-state index in [4.69, 9.17) is 17.3 Å². The molecule has 0 spiro atoms. The van der Waals surface area contributed by atoms with Crippen molar-refractivity contribution in [1.82, 2.24) is 4.98 Å². The van der Waals surface area contributed by atoms with E-state index in [1.165, 1.54) is 0 Å². The van der Waals surface area contributed by atoms with Gasteiger partial charge in [-0.25, -0.2) is 18.2 Å². The summed E-state index contributed by atoms with van der Waals surface area (Å²) in [5.41, 5.74) is 3.50. The predicted octanol–water partition coefficient (Wildman–Crippen LogP) is 2.39. The van der Waals surface area contributed by atoms with Crippen LogP contribution in [0.5, 0.6) is 0 Å². The summed E-state index contributed by atoms with van der Waals surface area (Å²) in [4.78, 5) is 3.18. The quantitative estimate of drug-likeness (QED) is 0.701. The first-order valence-corrected chi connectivity index (χ1v) is 3.29. The highest BCUT2D eigenvalue weighted by atomic mass is 35.5. The van der Waals surface area contributed by atoms with Crippen LogP contribution in [0.4, 0.5) is 18.9 Å². The Hall–Kier alpha value is -0.970. The molecule has 0 aliphatic rings. The summed E-state index contributed by atoms with van der Waals surface area (Å²) >= 11 is 5.23. The van der Waals surface area contributed by atoms with Gasteiger partial charge in [-0.05, 0) is 0 Å². The molecule has 0 aromatic carbocycles. The van der Waals surface area contributed by atoms with Crippen LogP contribution < -0.4 is 5.73 Å². The Balaban J connectivity index is 3.28. The first kappa shape index (κ1) is 9.12. The van der Waals surface area contributed by atoms with E-state index in [1.54, 1.807) is 0 Å². The molecule has 0 fully saturated rings. The summed E-state index contributed by atoms with van der Waals surface area (Å²) in [6.45, 7) is 0. The monoisotopic (exact) mass is 196 g/mol. The molecule has 2 nitrogen and oxygen atoms in total. The summed E-state index contributed by atoms with van der Waals surface area (Å²) in [5.74, 6) is -0.981. The third kappa shape index (κ3) is 1.61. The fourth-order valence-electron chi connectivity index (χ4n) is 0.679. The molecule has 12 heavy (non-hydrogen) atoms. The van der Waals surface area contributed by atoms with Crippen molar-refractivity contribution in [1.29, 1.82) is 0 Å². The summed E-state index contributed by atoms with van der Waals surface area (Å²) in [6, 6.07) is 0.781. The third-order valence-corrected chi connectivity index (χ3v) is 1.41. The van der Waals surface area contributed by atoms with Gasteiger partial charge in [-0.15, -0.1) is 0 Å². The smallest absolute Gasteiger partial charge is 0.282 e. The number of anilines is 1. The molecule has 0 radical (unpaired) electrons. The van der Waals surface area contributed by atoms with Crippen molar-refractivity contribution in [3.05, 3.63) is 22.7 Å². The lowest BCUT2D eigenvalue weighted by molar-refractivity contribution is 0.146. The van der Waals surface area contributed by atoms with Gasteiger partial charge in [0.25, 0.3) is 6.43 Å². The Morgan fingerprint density at radius 1 is 1.50 bits per heavy atom. The lowest BCUT2D eigenvalue weighted by Gasteiger charge is -2.04. The molecule has 1 rings (SSSR count). The van der Waals surface area contributed by atoms with E-state index in [2.05, 4.69) is 4.98 Å². The molecule has 0 unspecified atom stereocenters. The Kier molecular flexibility index (Phi) is 2.42. The summed E-state index contributed by atoms with van der Waals surface area (Å²) in [5, 5.41) is -0.336. The molecule has 0 aliphatic carbocycles. The second-order valence-electron chi connectivity index (χ2n) is 2.03. The summed E-state index contributed by atoms with van der Waals surface area (Å²) < 4.78 is 36.7. The maximum atomic E-state index is 12.6. The maximum absolute atomic E-state index is 12.6. The molecule has 0 aliphatic heterocycles. The standard InChI is InChI=1S/C6H4ClF3N2/c7-3-1-2(8)4(11)5(12-3)6(9)10/h1,6H,11H2. The molecule has 0 saturated carbocycles. The van der Waals surface area contributed by atoms with Crippen molar-refractivity contribution in [2.45, 2.75) is 6.43 Å². The van der Waals surface area contributed by atoms with Gasteiger partial charge in [0, 0.05) is 6.07 Å². The number of aromatic nitrogens is 1. The predicted molar refractivity (Wildman–Crippen MR) is 38.6 cm³/mol. The highest BCUT2D eigenvalue weighted by Crippen LogP contribution is 2.26. The molecule has 1 aromatic rings. The highest BCUT2D eigenvalue weighted by Gasteiger charge is 2.17. The number of nitrogen functional groups attached to an aromatic ring is 1. The molecule has 1 heterocycles. The molecule has 0 amide bonds. The Labute approximate surface area is 71.2 Å². The largest absolute Gasteiger partial charge is 0.395 e. The number of halogens is 4. The van der Waals surface area contributed by atoms with Gasteiger partial charge in [0.1, 0.15) is 10.8 Å². The minimum absolute atomic E-state index is 0.336. The van der Waals surface area contributed by atoms with Crippen LogP contribution in [0.3, 0.4) is 0 Å². The van der Waals surface area contributed by atoms with Gasteiger partial charge in [-0.1, -0.05) is 11.6 Å². The van der Waals surface area contributed by atoms with Gasteiger partial charge in [-0.3, -0.25) is 0 Å². The fourth-order valence-corrected chi connectivity index (χ4v) is 0.865. The number of hydrogen-bond acceptors (Lipinski definition) is 2. The third-order valence-electron chi connectivity index (χ3n) is 1.21. The molecule has 2 N–H and O–H groups in total. The van der Waals surface area contributed by atoms with Crippen LogP contribution in [0.15, 0.2) is 6.07 Å². The molecular weight excluding hydrogens is 193 g/mol. The van der Waals surface area contributed by atoms with Crippen LogP contribution in [-0.4, -0.2) is 4.98 Å². The normalized spacial score (nSPS) is 10.8. The number of nitrogens with two attached hydrogens (primary N) is 1. The van der Waals surface area contributed by atoms with Crippen molar-refractivity contribution in [3.63, 3.8) is 0 Å².